The van der Waals surface area contributed by atoms with Crippen molar-refractivity contribution < 1.29 is 9.53 Å². The van der Waals surface area contributed by atoms with Crippen molar-refractivity contribution in [3.8, 4) is 0 Å². The van der Waals surface area contributed by atoms with E-state index in [4.69, 9.17) is 4.74 Å². The molecule has 1 spiro atoms. The van der Waals surface area contributed by atoms with Gasteiger partial charge in [0.1, 0.15) is 6.61 Å². The summed E-state index contributed by atoms with van der Waals surface area (Å²) in [6, 6.07) is 8.71. The van der Waals surface area contributed by atoms with Gasteiger partial charge >= 0.3 is 0 Å². The highest BCUT2D eigenvalue weighted by Gasteiger charge is 2.47. The van der Waals surface area contributed by atoms with Crippen molar-refractivity contribution in [3.05, 3.63) is 36.0 Å². The van der Waals surface area contributed by atoms with Gasteiger partial charge in [0.25, 0.3) is 0 Å². The van der Waals surface area contributed by atoms with Crippen molar-refractivity contribution in [1.82, 2.24) is 14.8 Å². The first-order valence-electron chi connectivity index (χ1n) is 9.80. The molecule has 1 amide bonds. The fraction of sp³-hybridized carbons (Fsp3) is 0.571. The number of likely N-dealkylation sites (N-methyl/N-ethyl adjacent to an activating group) is 1. The van der Waals surface area contributed by atoms with E-state index < -0.39 is 0 Å². The molecule has 1 aromatic heterocycles. The highest BCUT2D eigenvalue weighted by molar-refractivity contribution is 5.85. The Kier molecular flexibility index (Phi) is 6.14. The monoisotopic (exact) mass is 391 g/mol. The number of nitrogens with one attached hydrogen (secondary N) is 1. The highest BCUT2D eigenvalue weighted by Crippen LogP contribution is 2.36. The van der Waals surface area contributed by atoms with E-state index in [2.05, 4.69) is 47.3 Å². The summed E-state index contributed by atoms with van der Waals surface area (Å²) in [4.78, 5) is 19.8. The predicted octanol–water partition coefficient (Wildman–Crippen LogP) is 3.23. The van der Waals surface area contributed by atoms with Crippen LogP contribution in [0.3, 0.4) is 0 Å². The van der Waals surface area contributed by atoms with Gasteiger partial charge in [-0.1, -0.05) is 25.1 Å². The van der Waals surface area contributed by atoms with E-state index in [1.54, 1.807) is 0 Å². The van der Waals surface area contributed by atoms with Crippen LogP contribution in [0.15, 0.2) is 30.5 Å². The summed E-state index contributed by atoms with van der Waals surface area (Å²) < 4.78 is 6.13. The summed E-state index contributed by atoms with van der Waals surface area (Å²) in [6.07, 6.45) is 6.19. The molecule has 2 aromatic rings. The molecular weight excluding hydrogens is 362 g/mol. The topological polar surface area (TPSA) is 48.6 Å². The minimum Gasteiger partial charge on any atom is -0.363 e. The van der Waals surface area contributed by atoms with Gasteiger partial charge in [0.05, 0.1) is 11.6 Å². The number of morpholine rings is 1. The second-order valence-corrected chi connectivity index (χ2v) is 7.73. The lowest BCUT2D eigenvalue weighted by Gasteiger charge is -2.51. The zero-order valence-electron chi connectivity index (χ0n) is 16.2. The van der Waals surface area contributed by atoms with Gasteiger partial charge in [0.15, 0.2) is 0 Å². The number of aromatic nitrogens is 1. The minimum atomic E-state index is -0.144. The van der Waals surface area contributed by atoms with Crippen LogP contribution in [0.2, 0.25) is 0 Å². The Morgan fingerprint density at radius 3 is 2.74 bits per heavy atom. The Balaban J connectivity index is 0.00000210. The minimum absolute atomic E-state index is 0. The highest BCUT2D eigenvalue weighted by atomic mass is 35.5. The standard InChI is InChI=1S/C21H29N3O2.ClH/c1-3-19-21(26-15-20(25)23(19)2)9-12-24(13-10-21)11-8-16-14-22-18-7-5-4-6-17(16)18;/h4-7,14,19,22H,3,8-13,15H2,1-2H3;1H. The first-order valence-corrected chi connectivity index (χ1v) is 9.80. The van der Waals surface area contributed by atoms with Gasteiger partial charge < -0.3 is 19.5 Å². The summed E-state index contributed by atoms with van der Waals surface area (Å²) in [5, 5.41) is 1.34. The van der Waals surface area contributed by atoms with E-state index in [0.29, 0.717) is 0 Å². The summed E-state index contributed by atoms with van der Waals surface area (Å²) in [6.45, 7) is 5.56. The SMILES string of the molecule is CCC1N(C)C(=O)COC12CCN(CCc1c[nH]c3ccccc13)CC2.Cl. The van der Waals surface area contributed by atoms with Crippen molar-refractivity contribution in [3.63, 3.8) is 0 Å². The Morgan fingerprint density at radius 1 is 1.26 bits per heavy atom. The van der Waals surface area contributed by atoms with Gasteiger partial charge in [-0.15, -0.1) is 12.4 Å². The lowest BCUT2D eigenvalue weighted by atomic mass is 9.80. The molecular formula is C21H30ClN3O2. The number of hydrogen-bond acceptors (Lipinski definition) is 3. The second-order valence-electron chi connectivity index (χ2n) is 7.73. The number of nitrogens with zero attached hydrogens (tertiary/aromatic N) is 2. The number of rotatable bonds is 4. The number of likely N-dealkylation sites (tertiary alicyclic amines) is 1. The number of benzene rings is 1. The van der Waals surface area contributed by atoms with E-state index in [1.807, 2.05) is 11.9 Å². The van der Waals surface area contributed by atoms with Crippen LogP contribution < -0.4 is 0 Å². The van der Waals surface area contributed by atoms with Crippen LogP contribution in [0.5, 0.6) is 0 Å². The van der Waals surface area contributed by atoms with Crippen LogP contribution in [0.1, 0.15) is 31.7 Å². The molecule has 3 heterocycles. The molecule has 1 atom stereocenters. The number of fused-ring (bicyclic) bond motifs is 1. The number of carbonyl (C=O) groups excluding carboxylic acids is 1. The molecule has 6 heteroatoms. The van der Waals surface area contributed by atoms with Crippen LogP contribution in [0.4, 0.5) is 0 Å². The Morgan fingerprint density at radius 2 is 2.00 bits per heavy atom. The van der Waals surface area contributed by atoms with Gasteiger partial charge in [-0.05, 0) is 37.3 Å². The van der Waals surface area contributed by atoms with E-state index in [9.17, 15) is 4.79 Å². The number of aromatic amines is 1. The van der Waals surface area contributed by atoms with Gasteiger partial charge in [-0.2, -0.15) is 0 Å². The quantitative estimate of drug-likeness (QED) is 0.870. The summed E-state index contributed by atoms with van der Waals surface area (Å²) in [5.74, 6) is 0.115. The molecule has 2 aliphatic rings. The number of amides is 1. The molecule has 1 aromatic carbocycles. The number of piperidine rings is 1. The third kappa shape index (κ3) is 3.73. The maximum Gasteiger partial charge on any atom is 0.248 e. The molecule has 0 saturated carbocycles. The molecule has 5 nitrogen and oxygen atoms in total. The number of carbonyl (C=O) groups is 1. The molecule has 0 radical (unpaired) electrons. The van der Waals surface area contributed by atoms with Crippen molar-refractivity contribution in [2.75, 3.05) is 33.3 Å². The third-order valence-corrected chi connectivity index (χ3v) is 6.41. The molecule has 0 aliphatic carbocycles. The summed E-state index contributed by atoms with van der Waals surface area (Å²) >= 11 is 0. The molecule has 2 aliphatic heterocycles. The largest absolute Gasteiger partial charge is 0.363 e. The Bertz CT molecular complexity index is 783. The number of hydrogen-bond donors (Lipinski definition) is 1. The Labute approximate surface area is 167 Å². The molecule has 2 saturated heterocycles. The number of halogens is 1. The zero-order valence-corrected chi connectivity index (χ0v) is 17.1. The van der Waals surface area contributed by atoms with Crippen LogP contribution in [0.25, 0.3) is 10.9 Å². The summed E-state index contributed by atoms with van der Waals surface area (Å²) in [7, 11) is 1.93. The smallest absolute Gasteiger partial charge is 0.248 e. The maximum absolute atomic E-state index is 12.0. The molecule has 4 rings (SSSR count). The Hall–Kier alpha value is -1.56. The lowest BCUT2D eigenvalue weighted by molar-refractivity contribution is -0.186. The van der Waals surface area contributed by atoms with E-state index in [0.717, 1.165) is 45.3 Å². The van der Waals surface area contributed by atoms with Gasteiger partial charge in [-0.3, -0.25) is 4.79 Å². The maximum atomic E-state index is 12.0. The van der Waals surface area contributed by atoms with Gasteiger partial charge in [0.2, 0.25) is 5.91 Å². The fourth-order valence-corrected chi connectivity index (χ4v) is 4.83. The van der Waals surface area contributed by atoms with Crippen molar-refractivity contribution >= 4 is 29.2 Å². The van der Waals surface area contributed by atoms with Crippen LogP contribution >= 0.6 is 12.4 Å². The third-order valence-electron chi connectivity index (χ3n) is 6.41. The lowest BCUT2D eigenvalue weighted by Crippen LogP contribution is -2.63. The van der Waals surface area contributed by atoms with Crippen molar-refractivity contribution in [2.24, 2.45) is 0 Å². The van der Waals surface area contributed by atoms with Gasteiger partial charge in [-0.25, -0.2) is 0 Å². The van der Waals surface area contributed by atoms with E-state index in [1.165, 1.54) is 16.5 Å². The number of H-pyrrole nitrogens is 1. The van der Waals surface area contributed by atoms with E-state index in [-0.39, 0.29) is 36.6 Å². The molecule has 0 bridgehead atoms. The number of ether oxygens (including phenoxy) is 1. The van der Waals surface area contributed by atoms with Gasteiger partial charge in [0, 0.05) is 43.8 Å². The molecule has 148 valence electrons. The zero-order chi connectivity index (χ0) is 18.1. The molecule has 27 heavy (non-hydrogen) atoms. The predicted molar refractivity (Wildman–Crippen MR) is 110 cm³/mol. The molecule has 1 unspecified atom stereocenters. The van der Waals surface area contributed by atoms with E-state index >= 15 is 0 Å². The first-order chi connectivity index (χ1) is 12.6. The normalized spacial score (nSPS) is 23.0. The average Bonchev–Trinajstić information content (AvgIpc) is 3.08. The molecule has 1 N–H and O–H groups in total. The second kappa shape index (κ2) is 8.21. The number of para-hydroxylation sites is 1. The average molecular weight is 392 g/mol. The van der Waals surface area contributed by atoms with Crippen LogP contribution in [-0.2, 0) is 16.0 Å². The van der Waals surface area contributed by atoms with Crippen molar-refractivity contribution in [1.29, 1.82) is 0 Å². The fourth-order valence-electron chi connectivity index (χ4n) is 4.83. The van der Waals surface area contributed by atoms with Crippen LogP contribution in [-0.4, -0.2) is 65.6 Å². The molecule has 2 fully saturated rings. The van der Waals surface area contributed by atoms with Crippen molar-refractivity contribution in [2.45, 2.75) is 44.2 Å². The summed E-state index contributed by atoms with van der Waals surface area (Å²) in [5.41, 5.74) is 2.47. The van der Waals surface area contributed by atoms with Crippen LogP contribution in [0, 0.1) is 0 Å². The first kappa shape index (κ1) is 20.2.